The number of carbonyl (C=O) groups excluding carboxylic acids is 7. The van der Waals surface area contributed by atoms with Gasteiger partial charge in [0.1, 0.15) is 45.8 Å². The smallest absolute Gasteiger partial charge is 0.271 e. The number of H-pyrrole nitrogens is 1. The quantitative estimate of drug-likeness (QED) is 0.0208. The van der Waals surface area contributed by atoms with Crippen LogP contribution in [0.15, 0.2) is 23.3 Å². The molecule has 0 saturated heterocycles. The Morgan fingerprint density at radius 3 is 2.15 bits per heavy atom. The van der Waals surface area contributed by atoms with Crippen LogP contribution in [0.1, 0.15) is 121 Å². The highest BCUT2D eigenvalue weighted by atomic mass is 32.1. The normalized spacial score (nSPS) is 14.4. The first-order chi connectivity index (χ1) is 38.2. The first-order valence-electron chi connectivity index (χ1n) is 26.8. The van der Waals surface area contributed by atoms with E-state index in [1.54, 1.807) is 5.38 Å². The first-order valence-corrected chi connectivity index (χ1v) is 28.5. The molecule has 0 fully saturated rings. The van der Waals surface area contributed by atoms with Crippen molar-refractivity contribution in [3.8, 4) is 10.7 Å². The third-order valence-electron chi connectivity index (χ3n) is 12.7. The molecule has 0 bridgehead atoms. The number of nitrogen functional groups attached to an aromatic ring is 1. The number of imidazole rings is 1. The Bertz CT molecular complexity index is 2600. The number of aliphatic hydroxyl groups is 2. The van der Waals surface area contributed by atoms with Crippen molar-refractivity contribution < 1.29 is 43.8 Å². The largest absolute Gasteiger partial charge is 0.391 e. The zero-order valence-corrected chi connectivity index (χ0v) is 47.5. The monoisotopic (exact) mass is 1160 g/mol. The molecule has 7 amide bonds. The standard InChI is InChI=1S/C50H81N19O9S2/c1-5-6-11-31(41(72)28(3)63-47(76)34(20-30-22-58-26-62-30)65-49(78)39-27(2)42(54)69-44(67-39)33(21-37(53)71)61-23-32(52)43(55)73)45(74)68-40(29(4)70)48(77)60-19-12-38-64-36(25-79-38)50-66-35(24-80-50)46(75)59-18-10-17-57-15-8-7-14-56-16-9-13-51/h22,24-26,28-29,31-34,40-41,56-57,61,70,72H,5-21,23,51-52H2,1-4H3,(H2,53,71)(H2,55,73)(H,58,62)(H,59,75)(H,60,77)(H,63,76)(H,65,78)(H,68,74)(H2,54,67,69)/t28-,29-,31+,32+,33+,34+,40+,41-/m1/s1. The zero-order chi connectivity index (χ0) is 58.7. The number of hydrogen-bond acceptors (Lipinski definition) is 22. The van der Waals surface area contributed by atoms with E-state index < -0.39 is 83.8 Å². The van der Waals surface area contributed by atoms with E-state index in [4.69, 9.17) is 28.7 Å². The molecular formula is C50H81N19O9S2. The van der Waals surface area contributed by atoms with E-state index >= 15 is 0 Å². The number of aromatic nitrogens is 6. The molecule has 0 aromatic carbocycles. The molecular weight excluding hydrogens is 1070 g/mol. The van der Waals surface area contributed by atoms with Gasteiger partial charge >= 0.3 is 0 Å². The van der Waals surface area contributed by atoms with Crippen molar-refractivity contribution in [2.75, 3.05) is 58.1 Å². The van der Waals surface area contributed by atoms with Crippen molar-refractivity contribution in [3.63, 3.8) is 0 Å². The van der Waals surface area contributed by atoms with E-state index in [0.717, 1.165) is 51.9 Å². The van der Waals surface area contributed by atoms with Gasteiger partial charge in [0.2, 0.25) is 29.5 Å². The Hall–Kier alpha value is -6.64. The molecule has 442 valence electrons. The molecule has 28 nitrogen and oxygen atoms in total. The highest BCUT2D eigenvalue weighted by Crippen LogP contribution is 2.26. The second-order valence-corrected chi connectivity index (χ2v) is 21.1. The lowest BCUT2D eigenvalue weighted by atomic mass is 9.90. The van der Waals surface area contributed by atoms with Crippen LogP contribution in [0.25, 0.3) is 10.7 Å². The Morgan fingerprint density at radius 1 is 0.787 bits per heavy atom. The number of thiazole rings is 2. The number of primary amides is 2. The maximum atomic E-state index is 14.1. The summed E-state index contributed by atoms with van der Waals surface area (Å²) in [7, 11) is 0. The molecule has 0 aliphatic heterocycles. The van der Waals surface area contributed by atoms with E-state index in [0.29, 0.717) is 59.4 Å². The number of nitrogens with two attached hydrogens (primary N) is 5. The van der Waals surface area contributed by atoms with Crippen LogP contribution in [0.5, 0.6) is 0 Å². The van der Waals surface area contributed by atoms with Crippen LogP contribution >= 0.6 is 22.7 Å². The minimum absolute atomic E-state index is 0.102. The van der Waals surface area contributed by atoms with E-state index in [9.17, 15) is 43.8 Å². The number of hydrogen-bond donors (Lipinski definition) is 16. The Kier molecular flexibility index (Phi) is 28.4. The highest BCUT2D eigenvalue weighted by Gasteiger charge is 2.36. The molecule has 0 spiro atoms. The Labute approximate surface area is 473 Å². The number of aromatic amines is 1. The molecule has 8 atom stereocenters. The first kappa shape index (κ1) is 65.9. The second-order valence-electron chi connectivity index (χ2n) is 19.3. The topological polar surface area (TPSA) is 467 Å². The lowest BCUT2D eigenvalue weighted by Crippen LogP contribution is -2.58. The number of nitrogens with one attached hydrogen (secondary N) is 9. The zero-order valence-electron chi connectivity index (χ0n) is 45.8. The molecule has 0 radical (unpaired) electrons. The van der Waals surface area contributed by atoms with Crippen molar-refractivity contribution in [2.45, 2.75) is 134 Å². The number of unbranched alkanes of at least 4 members (excludes halogenated alkanes) is 2. The average Bonchev–Trinajstić information content (AvgIpc) is 4.24. The van der Waals surface area contributed by atoms with Gasteiger partial charge in [-0.3, -0.25) is 33.6 Å². The van der Waals surface area contributed by atoms with Crippen molar-refractivity contribution in [1.82, 2.24) is 72.4 Å². The second kappa shape index (κ2) is 34.5. The lowest BCUT2D eigenvalue weighted by Gasteiger charge is -2.30. The summed E-state index contributed by atoms with van der Waals surface area (Å²) in [6.07, 6.45) is 4.91. The number of carbonyl (C=O) groups is 7. The van der Waals surface area contributed by atoms with E-state index in [-0.39, 0.29) is 61.2 Å². The highest BCUT2D eigenvalue weighted by molar-refractivity contribution is 7.14. The molecule has 0 aliphatic rings. The minimum Gasteiger partial charge on any atom is -0.391 e. The van der Waals surface area contributed by atoms with Gasteiger partial charge in [-0.25, -0.2) is 24.9 Å². The van der Waals surface area contributed by atoms with Crippen molar-refractivity contribution in [2.24, 2.45) is 28.9 Å². The van der Waals surface area contributed by atoms with Gasteiger partial charge in [-0.15, -0.1) is 22.7 Å². The van der Waals surface area contributed by atoms with Crippen LogP contribution in [-0.2, 0) is 36.8 Å². The number of amides is 7. The van der Waals surface area contributed by atoms with Gasteiger partial charge in [0, 0.05) is 67.1 Å². The fourth-order valence-corrected chi connectivity index (χ4v) is 9.63. The predicted molar refractivity (Wildman–Crippen MR) is 302 cm³/mol. The number of nitrogens with zero attached hydrogens (tertiary/aromatic N) is 5. The molecule has 4 aromatic heterocycles. The summed E-state index contributed by atoms with van der Waals surface area (Å²) in [6.45, 7) is 10.9. The molecule has 4 aromatic rings. The third-order valence-corrected chi connectivity index (χ3v) is 14.5. The molecule has 4 rings (SSSR count). The maximum absolute atomic E-state index is 14.1. The van der Waals surface area contributed by atoms with Crippen molar-refractivity contribution in [3.05, 3.63) is 56.8 Å². The van der Waals surface area contributed by atoms with Gasteiger partial charge in [-0.2, -0.15) is 0 Å². The van der Waals surface area contributed by atoms with Gasteiger partial charge in [0.15, 0.2) is 0 Å². The maximum Gasteiger partial charge on any atom is 0.271 e. The summed E-state index contributed by atoms with van der Waals surface area (Å²) in [5.74, 6) is -6.37. The van der Waals surface area contributed by atoms with E-state index in [1.807, 2.05) is 12.3 Å². The fraction of sp³-hybridized carbons (Fsp3) is 0.600. The van der Waals surface area contributed by atoms with Crippen LogP contribution in [0, 0.1) is 12.8 Å². The molecule has 80 heavy (non-hydrogen) atoms. The summed E-state index contributed by atoms with van der Waals surface area (Å²) in [4.78, 5) is 117. The summed E-state index contributed by atoms with van der Waals surface area (Å²) in [5.41, 5.74) is 29.4. The summed E-state index contributed by atoms with van der Waals surface area (Å²) in [5, 5.41) is 50.4. The van der Waals surface area contributed by atoms with Gasteiger partial charge in [-0.1, -0.05) is 19.8 Å². The van der Waals surface area contributed by atoms with Gasteiger partial charge < -0.3 is 86.4 Å². The molecule has 0 aliphatic carbocycles. The van der Waals surface area contributed by atoms with E-state index in [1.165, 1.54) is 56.0 Å². The molecule has 30 heteroatoms. The van der Waals surface area contributed by atoms with Crippen LogP contribution in [0.3, 0.4) is 0 Å². The van der Waals surface area contributed by atoms with Gasteiger partial charge in [0.05, 0.1) is 47.6 Å². The van der Waals surface area contributed by atoms with Gasteiger partial charge in [0.25, 0.3) is 11.8 Å². The van der Waals surface area contributed by atoms with E-state index in [2.05, 4.69) is 72.4 Å². The summed E-state index contributed by atoms with van der Waals surface area (Å²) in [6, 6.07) is -6.07. The minimum atomic E-state index is -1.52. The fourth-order valence-electron chi connectivity index (χ4n) is 8.02. The summed E-state index contributed by atoms with van der Waals surface area (Å²) < 4.78 is 0. The van der Waals surface area contributed by atoms with Crippen LogP contribution in [-0.4, -0.2) is 170 Å². The van der Waals surface area contributed by atoms with Crippen LogP contribution in [0.4, 0.5) is 5.82 Å². The molecule has 21 N–H and O–H groups in total. The Morgan fingerprint density at radius 2 is 1.50 bits per heavy atom. The third kappa shape index (κ3) is 21.8. The Balaban J connectivity index is 1.34. The number of anilines is 1. The summed E-state index contributed by atoms with van der Waals surface area (Å²) >= 11 is 2.64. The lowest BCUT2D eigenvalue weighted by molar-refractivity contribution is -0.137. The average molecular weight is 1160 g/mol. The van der Waals surface area contributed by atoms with Crippen molar-refractivity contribution >= 4 is 69.8 Å². The van der Waals surface area contributed by atoms with Gasteiger partial charge in [-0.05, 0) is 85.6 Å². The molecule has 0 saturated carbocycles. The van der Waals surface area contributed by atoms with Crippen LogP contribution in [0.2, 0.25) is 0 Å². The predicted octanol–water partition coefficient (Wildman–Crippen LogP) is -2.35. The SMILES string of the molecule is CCCC[C@H](C(=O)N[C@H](C(=O)NCCc1nc(-c2nc(C(=O)NCCCNCCCCNCCCN)cs2)cs1)[C@@H](C)O)[C@H](O)[C@@H](C)NC(=O)[C@H](Cc1cnc[nH]1)NC(=O)c1nc([C@H](CC(N)=O)NC[C@H](N)C(N)=O)nc(N)c1C. The molecule has 4 heterocycles. The molecule has 0 unspecified atom stereocenters. The van der Waals surface area contributed by atoms with Crippen molar-refractivity contribution in [1.29, 1.82) is 0 Å². The van der Waals surface area contributed by atoms with Crippen LogP contribution < -0.4 is 71.2 Å². The number of aliphatic hydroxyl groups excluding tert-OH is 2. The number of rotatable bonds is 39.